The standard InChI is InChI=1S/C16H28N2O2/c1-6-18(16(3,4)5)13(11-17)12-8-9-14(19)15(10-12)20-7-2/h8-10,13,19H,6-7,11,17H2,1-5H3. The van der Waals surface area contributed by atoms with Gasteiger partial charge in [0.2, 0.25) is 0 Å². The molecule has 0 aromatic heterocycles. The van der Waals surface area contributed by atoms with Gasteiger partial charge < -0.3 is 15.6 Å². The molecule has 0 bridgehead atoms. The van der Waals surface area contributed by atoms with Crippen molar-refractivity contribution in [3.05, 3.63) is 23.8 Å². The quantitative estimate of drug-likeness (QED) is 0.841. The second kappa shape index (κ2) is 6.95. The van der Waals surface area contributed by atoms with Crippen molar-refractivity contribution in [3.8, 4) is 11.5 Å². The summed E-state index contributed by atoms with van der Waals surface area (Å²) >= 11 is 0. The van der Waals surface area contributed by atoms with Crippen LogP contribution < -0.4 is 10.5 Å². The summed E-state index contributed by atoms with van der Waals surface area (Å²) in [5.41, 5.74) is 7.10. The van der Waals surface area contributed by atoms with Crippen molar-refractivity contribution >= 4 is 0 Å². The molecule has 0 amide bonds. The molecule has 0 aliphatic carbocycles. The van der Waals surface area contributed by atoms with Gasteiger partial charge in [0.05, 0.1) is 6.61 Å². The van der Waals surface area contributed by atoms with E-state index in [2.05, 4.69) is 32.6 Å². The summed E-state index contributed by atoms with van der Waals surface area (Å²) in [6.07, 6.45) is 0. The Bertz CT molecular complexity index is 427. The largest absolute Gasteiger partial charge is 0.504 e. The summed E-state index contributed by atoms with van der Waals surface area (Å²) in [6.45, 7) is 12.6. The minimum atomic E-state index is 0.0302. The molecule has 1 aromatic rings. The normalized spacial score (nSPS) is 13.6. The van der Waals surface area contributed by atoms with E-state index >= 15 is 0 Å². The maximum absolute atomic E-state index is 9.81. The van der Waals surface area contributed by atoms with E-state index in [9.17, 15) is 5.11 Å². The third kappa shape index (κ3) is 3.87. The SMILES string of the molecule is CCOc1cc(C(CN)N(CC)C(C)(C)C)ccc1O. The van der Waals surface area contributed by atoms with Gasteiger partial charge >= 0.3 is 0 Å². The number of rotatable bonds is 6. The minimum Gasteiger partial charge on any atom is -0.504 e. The van der Waals surface area contributed by atoms with Crippen LogP contribution in [0.4, 0.5) is 0 Å². The summed E-state index contributed by atoms with van der Waals surface area (Å²) in [5, 5.41) is 9.81. The molecule has 1 atom stereocenters. The number of likely N-dealkylation sites (N-methyl/N-ethyl adjacent to an activating group) is 1. The van der Waals surface area contributed by atoms with Crippen molar-refractivity contribution in [1.82, 2.24) is 4.90 Å². The predicted octanol–water partition coefficient (Wildman–Crippen LogP) is 2.91. The summed E-state index contributed by atoms with van der Waals surface area (Å²) in [4.78, 5) is 2.36. The fraction of sp³-hybridized carbons (Fsp3) is 0.625. The maximum atomic E-state index is 9.81. The van der Waals surface area contributed by atoms with Gasteiger partial charge in [-0.25, -0.2) is 0 Å². The van der Waals surface area contributed by atoms with Crippen molar-refractivity contribution in [2.45, 2.75) is 46.2 Å². The highest BCUT2D eigenvalue weighted by Crippen LogP contribution is 2.33. The van der Waals surface area contributed by atoms with Gasteiger partial charge in [0.25, 0.3) is 0 Å². The lowest BCUT2D eigenvalue weighted by atomic mass is 9.97. The molecule has 1 rings (SSSR count). The van der Waals surface area contributed by atoms with Gasteiger partial charge in [0.1, 0.15) is 0 Å². The summed E-state index contributed by atoms with van der Waals surface area (Å²) in [5.74, 6) is 0.693. The molecule has 3 N–H and O–H groups in total. The lowest BCUT2D eigenvalue weighted by molar-refractivity contribution is 0.0917. The molecule has 0 aliphatic heterocycles. The third-order valence-electron chi connectivity index (χ3n) is 3.47. The minimum absolute atomic E-state index is 0.0302. The Labute approximate surface area is 122 Å². The van der Waals surface area contributed by atoms with Crippen LogP contribution in [0.1, 0.15) is 46.2 Å². The molecule has 4 nitrogen and oxygen atoms in total. The topological polar surface area (TPSA) is 58.7 Å². The van der Waals surface area contributed by atoms with E-state index in [1.165, 1.54) is 0 Å². The zero-order valence-electron chi connectivity index (χ0n) is 13.3. The maximum Gasteiger partial charge on any atom is 0.161 e. The van der Waals surface area contributed by atoms with Gasteiger partial charge in [-0.15, -0.1) is 0 Å². The van der Waals surface area contributed by atoms with Crippen LogP contribution in [0.25, 0.3) is 0 Å². The zero-order chi connectivity index (χ0) is 15.3. The molecule has 4 heteroatoms. The average molecular weight is 280 g/mol. The highest BCUT2D eigenvalue weighted by atomic mass is 16.5. The van der Waals surface area contributed by atoms with Gasteiger partial charge in [-0.2, -0.15) is 0 Å². The number of ether oxygens (including phenoxy) is 1. The van der Waals surface area contributed by atoms with E-state index in [1.54, 1.807) is 6.07 Å². The van der Waals surface area contributed by atoms with Crippen molar-refractivity contribution in [2.75, 3.05) is 19.7 Å². The molecule has 1 aromatic carbocycles. The van der Waals surface area contributed by atoms with Gasteiger partial charge in [-0.3, -0.25) is 4.90 Å². The van der Waals surface area contributed by atoms with E-state index < -0.39 is 0 Å². The summed E-state index contributed by atoms with van der Waals surface area (Å²) in [7, 11) is 0. The Morgan fingerprint density at radius 1 is 1.30 bits per heavy atom. The van der Waals surface area contributed by atoms with Crippen LogP contribution in [0.5, 0.6) is 11.5 Å². The van der Waals surface area contributed by atoms with Crippen molar-refractivity contribution in [3.63, 3.8) is 0 Å². The molecule has 1 unspecified atom stereocenters. The number of phenols is 1. The molecule has 0 saturated carbocycles. The molecule has 0 saturated heterocycles. The highest BCUT2D eigenvalue weighted by molar-refractivity contribution is 5.43. The Morgan fingerprint density at radius 2 is 1.95 bits per heavy atom. The fourth-order valence-electron chi connectivity index (χ4n) is 2.61. The number of hydrogen-bond donors (Lipinski definition) is 2. The molecular formula is C16H28N2O2. The van der Waals surface area contributed by atoms with Crippen LogP contribution in [0, 0.1) is 0 Å². The zero-order valence-corrected chi connectivity index (χ0v) is 13.3. The van der Waals surface area contributed by atoms with Gasteiger partial charge in [0.15, 0.2) is 11.5 Å². The number of nitrogens with two attached hydrogens (primary N) is 1. The Kier molecular flexibility index (Phi) is 5.84. The molecule has 0 heterocycles. The van der Waals surface area contributed by atoms with Crippen molar-refractivity contribution in [2.24, 2.45) is 5.73 Å². The first-order chi connectivity index (χ1) is 9.35. The van der Waals surface area contributed by atoms with Crippen LogP contribution in [-0.2, 0) is 0 Å². The molecule has 0 spiro atoms. The van der Waals surface area contributed by atoms with Crippen LogP contribution in [-0.4, -0.2) is 35.2 Å². The van der Waals surface area contributed by atoms with E-state index in [1.807, 2.05) is 19.1 Å². The van der Waals surface area contributed by atoms with Crippen LogP contribution in [0.15, 0.2) is 18.2 Å². The third-order valence-corrected chi connectivity index (χ3v) is 3.47. The number of hydrogen-bond acceptors (Lipinski definition) is 4. The predicted molar refractivity (Wildman–Crippen MR) is 83.2 cm³/mol. The molecule has 114 valence electrons. The lowest BCUT2D eigenvalue weighted by Crippen LogP contribution is -2.46. The average Bonchev–Trinajstić information content (AvgIpc) is 2.37. The smallest absolute Gasteiger partial charge is 0.161 e. The Hall–Kier alpha value is -1.26. The first-order valence-electron chi connectivity index (χ1n) is 7.27. The summed E-state index contributed by atoms with van der Waals surface area (Å²) in [6, 6.07) is 5.61. The first kappa shape index (κ1) is 16.8. The lowest BCUT2D eigenvalue weighted by Gasteiger charge is -2.41. The second-order valence-corrected chi connectivity index (χ2v) is 5.87. The molecular weight excluding hydrogens is 252 g/mol. The highest BCUT2D eigenvalue weighted by Gasteiger charge is 2.28. The van der Waals surface area contributed by atoms with E-state index in [-0.39, 0.29) is 17.3 Å². The van der Waals surface area contributed by atoms with Crippen LogP contribution >= 0.6 is 0 Å². The Balaban J connectivity index is 3.14. The molecule has 20 heavy (non-hydrogen) atoms. The van der Waals surface area contributed by atoms with Gasteiger partial charge in [-0.05, 0) is 51.9 Å². The van der Waals surface area contributed by atoms with Gasteiger partial charge in [-0.1, -0.05) is 13.0 Å². The number of benzene rings is 1. The van der Waals surface area contributed by atoms with Crippen LogP contribution in [0.2, 0.25) is 0 Å². The van der Waals surface area contributed by atoms with Crippen molar-refractivity contribution in [1.29, 1.82) is 0 Å². The number of aromatic hydroxyl groups is 1. The second-order valence-electron chi connectivity index (χ2n) is 5.87. The Morgan fingerprint density at radius 3 is 2.40 bits per heavy atom. The number of nitrogens with zero attached hydrogens (tertiary/aromatic N) is 1. The van der Waals surface area contributed by atoms with E-state index in [0.29, 0.717) is 18.9 Å². The van der Waals surface area contributed by atoms with E-state index in [4.69, 9.17) is 10.5 Å². The molecule has 0 aliphatic rings. The summed E-state index contributed by atoms with van der Waals surface area (Å²) < 4.78 is 5.46. The fourth-order valence-corrected chi connectivity index (χ4v) is 2.61. The van der Waals surface area contributed by atoms with Gasteiger partial charge in [0, 0.05) is 18.1 Å². The van der Waals surface area contributed by atoms with Crippen molar-refractivity contribution < 1.29 is 9.84 Å². The molecule has 0 radical (unpaired) electrons. The van der Waals surface area contributed by atoms with Crippen LogP contribution in [0.3, 0.4) is 0 Å². The first-order valence-corrected chi connectivity index (χ1v) is 7.27. The number of phenolic OH excluding ortho intramolecular Hbond substituents is 1. The monoisotopic (exact) mass is 280 g/mol. The van der Waals surface area contributed by atoms with E-state index in [0.717, 1.165) is 12.1 Å². The molecule has 0 fully saturated rings.